The Morgan fingerprint density at radius 1 is 1.35 bits per heavy atom. The van der Waals surface area contributed by atoms with E-state index >= 15 is 0 Å². The van der Waals surface area contributed by atoms with E-state index in [2.05, 4.69) is 35.2 Å². The Hall–Kier alpha value is -1.22. The lowest BCUT2D eigenvalue weighted by atomic mass is 10.1. The van der Waals surface area contributed by atoms with Gasteiger partial charge in [0.25, 0.3) is 0 Å². The van der Waals surface area contributed by atoms with Crippen LogP contribution in [0.1, 0.15) is 12.0 Å². The highest BCUT2D eigenvalue weighted by atomic mass is 127. The van der Waals surface area contributed by atoms with Gasteiger partial charge < -0.3 is 14.4 Å². The van der Waals surface area contributed by atoms with E-state index < -0.39 is 5.97 Å². The minimum atomic E-state index is -0.477. The number of carbonyl (C=O) groups is 2. The molecule has 0 aliphatic carbocycles. The van der Waals surface area contributed by atoms with Crippen LogP contribution in [0.4, 0.5) is 0 Å². The maximum absolute atomic E-state index is 12.4. The maximum atomic E-state index is 12.4. The van der Waals surface area contributed by atoms with Crippen molar-refractivity contribution >= 4 is 47.1 Å². The Labute approximate surface area is 154 Å². The van der Waals surface area contributed by atoms with Crippen LogP contribution in [0.3, 0.4) is 0 Å². The average Bonchev–Trinajstić information content (AvgIpc) is 2.58. The molecular weight excluding hydrogens is 429 g/mol. The number of β-lactam (4-membered cyclic amide) rings is 1. The highest BCUT2D eigenvalue weighted by molar-refractivity contribution is 14.1. The number of nitrogens with zero attached hydrogens (tertiary/aromatic N) is 1. The Bertz CT molecular complexity index is 609. The van der Waals surface area contributed by atoms with Gasteiger partial charge in [-0.1, -0.05) is 34.7 Å². The SMILES string of the molecule is COc1ccc(COC(=O)/C(=C(/CS)CI)N2CCC2=O)cc1. The Balaban J connectivity index is 2.08. The summed E-state index contributed by atoms with van der Waals surface area (Å²) in [5, 5.41) is 0. The summed E-state index contributed by atoms with van der Waals surface area (Å²) in [4.78, 5) is 25.6. The zero-order valence-corrected chi connectivity index (χ0v) is 15.8. The molecular formula is C16H18INO4S. The van der Waals surface area contributed by atoms with Crippen LogP contribution in [0.25, 0.3) is 0 Å². The molecule has 7 heteroatoms. The third-order valence-corrected chi connectivity index (χ3v) is 4.83. The number of likely N-dealkylation sites (tertiary alicyclic amines) is 1. The second-order valence-corrected chi connectivity index (χ2v) is 6.04. The molecule has 0 bridgehead atoms. The van der Waals surface area contributed by atoms with Gasteiger partial charge in [0, 0.05) is 23.1 Å². The predicted octanol–water partition coefficient (Wildman–Crippen LogP) is 2.59. The van der Waals surface area contributed by atoms with Crippen LogP contribution < -0.4 is 4.74 Å². The van der Waals surface area contributed by atoms with Crippen molar-refractivity contribution in [3.63, 3.8) is 0 Å². The van der Waals surface area contributed by atoms with E-state index in [-0.39, 0.29) is 12.5 Å². The molecule has 1 saturated heterocycles. The lowest BCUT2D eigenvalue weighted by Crippen LogP contribution is -2.45. The second kappa shape index (κ2) is 8.58. The van der Waals surface area contributed by atoms with Crippen molar-refractivity contribution in [2.75, 3.05) is 23.8 Å². The lowest BCUT2D eigenvalue weighted by molar-refractivity contribution is -0.149. The van der Waals surface area contributed by atoms with Gasteiger partial charge in [-0.2, -0.15) is 12.6 Å². The van der Waals surface area contributed by atoms with Gasteiger partial charge >= 0.3 is 5.97 Å². The van der Waals surface area contributed by atoms with Crippen LogP contribution in [0.5, 0.6) is 5.75 Å². The molecule has 0 unspecified atom stereocenters. The molecule has 1 aliphatic rings. The topological polar surface area (TPSA) is 55.8 Å². The third kappa shape index (κ3) is 4.41. The van der Waals surface area contributed by atoms with E-state index in [0.29, 0.717) is 28.8 Å². The minimum Gasteiger partial charge on any atom is -0.497 e. The molecule has 1 aromatic rings. The van der Waals surface area contributed by atoms with Gasteiger partial charge in [0.05, 0.1) is 7.11 Å². The number of thiol groups is 1. The number of ether oxygens (including phenoxy) is 2. The van der Waals surface area contributed by atoms with Gasteiger partial charge in [0.2, 0.25) is 5.91 Å². The van der Waals surface area contributed by atoms with E-state index in [0.717, 1.165) is 16.9 Å². The lowest BCUT2D eigenvalue weighted by Gasteiger charge is -2.33. The molecule has 5 nitrogen and oxygen atoms in total. The van der Waals surface area contributed by atoms with E-state index in [1.165, 1.54) is 4.90 Å². The molecule has 1 aliphatic heterocycles. The molecule has 124 valence electrons. The highest BCUT2D eigenvalue weighted by Gasteiger charge is 2.33. The zero-order valence-electron chi connectivity index (χ0n) is 12.8. The molecule has 0 spiro atoms. The first-order chi connectivity index (χ1) is 11.1. The van der Waals surface area contributed by atoms with Crippen molar-refractivity contribution in [1.29, 1.82) is 0 Å². The number of hydrogen-bond donors (Lipinski definition) is 1. The van der Waals surface area contributed by atoms with Crippen LogP contribution in [0, 0.1) is 0 Å². The quantitative estimate of drug-likeness (QED) is 0.174. The van der Waals surface area contributed by atoms with Crippen molar-refractivity contribution in [2.24, 2.45) is 0 Å². The van der Waals surface area contributed by atoms with Gasteiger partial charge in [-0.15, -0.1) is 0 Å². The molecule has 0 radical (unpaired) electrons. The van der Waals surface area contributed by atoms with Gasteiger partial charge in [-0.3, -0.25) is 4.79 Å². The maximum Gasteiger partial charge on any atom is 0.355 e. The third-order valence-electron chi connectivity index (χ3n) is 3.53. The van der Waals surface area contributed by atoms with Gasteiger partial charge in [0.1, 0.15) is 18.1 Å². The summed E-state index contributed by atoms with van der Waals surface area (Å²) in [7, 11) is 1.60. The van der Waals surface area contributed by atoms with Crippen LogP contribution in [-0.2, 0) is 20.9 Å². The number of rotatable bonds is 7. The summed E-state index contributed by atoms with van der Waals surface area (Å²) < 4.78 is 11.1. The number of amides is 1. The standard InChI is InChI=1S/C16H18INO4S/c1-21-13-4-2-11(3-5-13)9-22-16(20)15(12(8-17)10-23)18-7-6-14(18)19/h2-5,23H,6-10H2,1H3/b15-12-. The summed E-state index contributed by atoms with van der Waals surface area (Å²) in [6.45, 7) is 0.704. The number of alkyl halides is 1. The number of methoxy groups -OCH3 is 1. The largest absolute Gasteiger partial charge is 0.497 e. The van der Waals surface area contributed by atoms with Gasteiger partial charge in [-0.05, 0) is 23.3 Å². The molecule has 2 rings (SSSR count). The van der Waals surface area contributed by atoms with Crippen molar-refractivity contribution in [1.82, 2.24) is 4.90 Å². The normalized spacial score (nSPS) is 14.9. The summed E-state index contributed by atoms with van der Waals surface area (Å²) in [6.07, 6.45) is 0.469. The molecule has 23 heavy (non-hydrogen) atoms. The van der Waals surface area contributed by atoms with Gasteiger partial charge in [-0.25, -0.2) is 4.79 Å². The average molecular weight is 447 g/mol. The fourth-order valence-electron chi connectivity index (χ4n) is 2.12. The molecule has 0 atom stereocenters. The van der Waals surface area contributed by atoms with Crippen molar-refractivity contribution in [2.45, 2.75) is 13.0 Å². The number of esters is 1. The first-order valence-corrected chi connectivity index (χ1v) is 9.25. The first kappa shape index (κ1) is 18.1. The summed E-state index contributed by atoms with van der Waals surface area (Å²) in [6, 6.07) is 7.29. The highest BCUT2D eigenvalue weighted by Crippen LogP contribution is 2.23. The second-order valence-electron chi connectivity index (χ2n) is 4.96. The van der Waals surface area contributed by atoms with E-state index in [9.17, 15) is 9.59 Å². The molecule has 0 saturated carbocycles. The molecule has 1 amide bonds. The van der Waals surface area contributed by atoms with Crippen LogP contribution in [-0.4, -0.2) is 40.6 Å². The number of carbonyl (C=O) groups excluding carboxylic acids is 2. The van der Waals surface area contributed by atoms with E-state index in [1.807, 2.05) is 24.3 Å². The van der Waals surface area contributed by atoms with E-state index in [1.54, 1.807) is 7.11 Å². The predicted molar refractivity (Wildman–Crippen MR) is 98.9 cm³/mol. The number of halogens is 1. The molecule has 0 N–H and O–H groups in total. The Kier molecular flexibility index (Phi) is 6.76. The fourth-order valence-corrected chi connectivity index (χ4v) is 3.44. The summed E-state index contributed by atoms with van der Waals surface area (Å²) >= 11 is 6.41. The van der Waals surface area contributed by atoms with Crippen molar-refractivity contribution < 1.29 is 19.1 Å². The first-order valence-electron chi connectivity index (χ1n) is 7.10. The monoisotopic (exact) mass is 447 g/mol. The summed E-state index contributed by atoms with van der Waals surface area (Å²) in [5.74, 6) is 0.633. The van der Waals surface area contributed by atoms with Crippen molar-refractivity contribution in [3.05, 3.63) is 41.1 Å². The van der Waals surface area contributed by atoms with Gasteiger partial charge in [0.15, 0.2) is 0 Å². The van der Waals surface area contributed by atoms with Crippen LogP contribution in [0.15, 0.2) is 35.5 Å². The Morgan fingerprint density at radius 2 is 2.04 bits per heavy atom. The number of hydrogen-bond acceptors (Lipinski definition) is 5. The molecule has 1 heterocycles. The zero-order chi connectivity index (χ0) is 16.8. The smallest absolute Gasteiger partial charge is 0.355 e. The molecule has 1 fully saturated rings. The minimum absolute atomic E-state index is 0.0504. The van der Waals surface area contributed by atoms with Crippen LogP contribution in [0.2, 0.25) is 0 Å². The van der Waals surface area contributed by atoms with Crippen molar-refractivity contribution in [3.8, 4) is 5.75 Å². The molecule has 0 aromatic heterocycles. The van der Waals surface area contributed by atoms with Crippen LogP contribution >= 0.6 is 35.2 Å². The Morgan fingerprint density at radius 3 is 2.48 bits per heavy atom. The molecule has 1 aromatic carbocycles. The summed E-state index contributed by atoms with van der Waals surface area (Å²) in [5.41, 5.74) is 2.01. The number of benzene rings is 1. The van der Waals surface area contributed by atoms with E-state index in [4.69, 9.17) is 9.47 Å². The fraction of sp³-hybridized carbons (Fsp3) is 0.375.